The van der Waals surface area contributed by atoms with Crippen LogP contribution in [0.3, 0.4) is 0 Å². The summed E-state index contributed by atoms with van der Waals surface area (Å²) in [6.07, 6.45) is 0.879. The van der Waals surface area contributed by atoms with Gasteiger partial charge in [-0.25, -0.2) is 15.1 Å². The van der Waals surface area contributed by atoms with Crippen LogP contribution in [0.25, 0.3) is 11.1 Å². The van der Waals surface area contributed by atoms with Gasteiger partial charge in [0.15, 0.2) is 6.61 Å². The lowest BCUT2D eigenvalue weighted by molar-refractivity contribution is -0.148. The fourth-order valence-electron chi connectivity index (χ4n) is 3.27. The molecule has 3 rings (SSSR count). The van der Waals surface area contributed by atoms with Crippen LogP contribution in [0.5, 0.6) is 0 Å². The minimum atomic E-state index is -1.20. The number of benzene rings is 2. The Morgan fingerprint density at radius 2 is 1.63 bits per heavy atom. The van der Waals surface area contributed by atoms with Gasteiger partial charge in [-0.05, 0) is 29.2 Å². The predicted octanol–water partition coefficient (Wildman–Crippen LogP) is 2.60. The lowest BCUT2D eigenvalue weighted by Gasteiger charge is -2.14. The van der Waals surface area contributed by atoms with Crippen molar-refractivity contribution >= 4 is 18.0 Å². The molecular weight excluding hydrogens is 388 g/mol. The zero-order valence-corrected chi connectivity index (χ0v) is 16.4. The van der Waals surface area contributed by atoms with Gasteiger partial charge in [0.2, 0.25) is 0 Å². The van der Waals surface area contributed by atoms with Gasteiger partial charge in [0.25, 0.3) is 5.91 Å². The molecule has 0 bridgehead atoms. The maximum absolute atomic E-state index is 12.1. The summed E-state index contributed by atoms with van der Waals surface area (Å²) in [6, 6.07) is 16.1. The molecule has 0 aromatic heterocycles. The van der Waals surface area contributed by atoms with Gasteiger partial charge >= 0.3 is 12.1 Å². The Labute approximate surface area is 173 Å². The van der Waals surface area contributed by atoms with E-state index in [2.05, 4.69) is 22.3 Å². The molecule has 0 saturated heterocycles. The van der Waals surface area contributed by atoms with Crippen molar-refractivity contribution in [2.24, 2.45) is 0 Å². The van der Waals surface area contributed by atoms with E-state index < -0.39 is 24.6 Å². The van der Waals surface area contributed by atoms with Crippen molar-refractivity contribution in [3.63, 3.8) is 0 Å². The van der Waals surface area contributed by atoms with E-state index >= 15 is 0 Å². The van der Waals surface area contributed by atoms with Crippen molar-refractivity contribution in [3.8, 4) is 11.1 Å². The lowest BCUT2D eigenvalue weighted by atomic mass is 9.98. The van der Waals surface area contributed by atoms with Crippen molar-refractivity contribution in [1.82, 2.24) is 10.8 Å². The van der Waals surface area contributed by atoms with Gasteiger partial charge in [0.1, 0.15) is 6.61 Å². The molecule has 2 aromatic rings. The van der Waals surface area contributed by atoms with E-state index in [4.69, 9.17) is 9.84 Å². The molecule has 0 saturated carbocycles. The summed E-state index contributed by atoms with van der Waals surface area (Å²) in [4.78, 5) is 38.6. The summed E-state index contributed by atoms with van der Waals surface area (Å²) in [5.41, 5.74) is 6.81. The number of hydrogen-bond donors (Lipinski definition) is 3. The van der Waals surface area contributed by atoms with Crippen LogP contribution >= 0.6 is 0 Å². The first-order valence-corrected chi connectivity index (χ1v) is 9.37. The highest BCUT2D eigenvalue weighted by Crippen LogP contribution is 2.44. The van der Waals surface area contributed by atoms with Crippen molar-refractivity contribution in [1.29, 1.82) is 0 Å². The minimum Gasteiger partial charge on any atom is -0.479 e. The first kappa shape index (κ1) is 21.1. The second-order valence-electron chi connectivity index (χ2n) is 6.71. The number of carbonyl (C=O) groups excluding carboxylic acids is 2. The Hall–Kier alpha value is -3.65. The quantitative estimate of drug-likeness (QED) is 0.455. The number of carboxylic acid groups (broad SMARTS) is 1. The van der Waals surface area contributed by atoms with Gasteiger partial charge in [0.05, 0.1) is 0 Å². The highest BCUT2D eigenvalue weighted by Gasteiger charge is 2.28. The second kappa shape index (κ2) is 9.71. The highest BCUT2D eigenvalue weighted by atomic mass is 16.7. The van der Waals surface area contributed by atoms with Crippen molar-refractivity contribution in [3.05, 3.63) is 71.3 Å². The standard InChI is InChI=1S/C22H22N2O6/c1-14(21(27)24-30-13-20(25)26)10-11-23-22(28)29-12-19-17-8-4-2-6-15(17)16-7-3-5-9-18(16)19/h2-10,19H,11-13H2,1H3,(H,23,28)(H,24,27)(H,25,26)/b14-10+. The third-order valence-corrected chi connectivity index (χ3v) is 4.72. The fourth-order valence-corrected chi connectivity index (χ4v) is 3.27. The Morgan fingerprint density at radius 3 is 2.23 bits per heavy atom. The van der Waals surface area contributed by atoms with Crippen molar-refractivity contribution in [2.75, 3.05) is 19.8 Å². The number of carboxylic acids is 1. The van der Waals surface area contributed by atoms with Crippen molar-refractivity contribution in [2.45, 2.75) is 12.8 Å². The predicted molar refractivity (Wildman–Crippen MR) is 109 cm³/mol. The SMILES string of the molecule is C/C(=C\CNC(=O)OCC1c2ccccc2-c2ccccc21)C(=O)NOCC(=O)O. The molecule has 8 nitrogen and oxygen atoms in total. The Morgan fingerprint density at radius 1 is 1.03 bits per heavy atom. The summed E-state index contributed by atoms with van der Waals surface area (Å²) >= 11 is 0. The lowest BCUT2D eigenvalue weighted by Crippen LogP contribution is -2.29. The van der Waals surface area contributed by atoms with E-state index in [1.807, 2.05) is 41.9 Å². The second-order valence-corrected chi connectivity index (χ2v) is 6.71. The molecule has 0 atom stereocenters. The largest absolute Gasteiger partial charge is 0.479 e. The van der Waals surface area contributed by atoms with Crippen LogP contribution in [-0.2, 0) is 19.2 Å². The molecule has 8 heteroatoms. The Kier molecular flexibility index (Phi) is 6.82. The zero-order chi connectivity index (χ0) is 21.5. The van der Waals surface area contributed by atoms with Gasteiger partial charge in [-0.1, -0.05) is 54.6 Å². The average Bonchev–Trinajstić information content (AvgIpc) is 3.05. The van der Waals surface area contributed by atoms with Gasteiger partial charge in [-0.3, -0.25) is 9.63 Å². The van der Waals surface area contributed by atoms with Crippen LogP contribution < -0.4 is 10.8 Å². The van der Waals surface area contributed by atoms with Gasteiger partial charge in [-0.15, -0.1) is 0 Å². The third kappa shape index (κ3) is 5.03. The molecule has 0 aliphatic heterocycles. The molecule has 156 valence electrons. The van der Waals surface area contributed by atoms with E-state index in [0.717, 1.165) is 22.3 Å². The minimum absolute atomic E-state index is 0.0300. The number of aliphatic carboxylic acids is 1. The molecule has 0 heterocycles. The molecular formula is C22H22N2O6. The summed E-state index contributed by atoms with van der Waals surface area (Å²) in [6.45, 7) is 1.15. The van der Waals surface area contributed by atoms with E-state index in [-0.39, 0.29) is 24.6 Å². The van der Waals surface area contributed by atoms with E-state index in [0.29, 0.717) is 0 Å². The summed E-state index contributed by atoms with van der Waals surface area (Å²) in [5, 5.41) is 11.0. The van der Waals surface area contributed by atoms with E-state index in [9.17, 15) is 14.4 Å². The van der Waals surface area contributed by atoms with Crippen LogP contribution in [0, 0.1) is 0 Å². The van der Waals surface area contributed by atoms with Crippen LogP contribution in [-0.4, -0.2) is 42.8 Å². The molecule has 0 unspecified atom stereocenters. The molecule has 1 aliphatic carbocycles. The molecule has 0 fully saturated rings. The molecule has 0 spiro atoms. The molecule has 2 amide bonds. The molecule has 0 radical (unpaired) electrons. The number of hydrogen-bond acceptors (Lipinski definition) is 5. The Balaban J connectivity index is 1.49. The molecule has 3 N–H and O–H groups in total. The first-order chi connectivity index (χ1) is 14.5. The number of ether oxygens (including phenoxy) is 1. The number of rotatable bonds is 8. The van der Waals surface area contributed by atoms with Gasteiger partial charge in [0, 0.05) is 18.0 Å². The number of amides is 2. The maximum Gasteiger partial charge on any atom is 0.407 e. The van der Waals surface area contributed by atoms with Crippen LogP contribution in [0.4, 0.5) is 4.79 Å². The topological polar surface area (TPSA) is 114 Å². The number of alkyl carbamates (subject to hydrolysis) is 1. The summed E-state index contributed by atoms with van der Waals surface area (Å²) < 4.78 is 5.40. The third-order valence-electron chi connectivity index (χ3n) is 4.72. The average molecular weight is 410 g/mol. The first-order valence-electron chi connectivity index (χ1n) is 9.37. The number of nitrogens with one attached hydrogen (secondary N) is 2. The number of hydroxylamine groups is 1. The highest BCUT2D eigenvalue weighted by molar-refractivity contribution is 5.92. The normalized spacial score (nSPS) is 12.6. The smallest absolute Gasteiger partial charge is 0.407 e. The Bertz CT molecular complexity index is 940. The summed E-state index contributed by atoms with van der Waals surface area (Å²) in [7, 11) is 0. The van der Waals surface area contributed by atoms with Crippen LogP contribution in [0.15, 0.2) is 60.2 Å². The van der Waals surface area contributed by atoms with E-state index in [1.165, 1.54) is 13.0 Å². The maximum atomic E-state index is 12.1. The summed E-state index contributed by atoms with van der Waals surface area (Å²) in [5.74, 6) is -1.82. The zero-order valence-electron chi connectivity index (χ0n) is 16.4. The fraction of sp³-hybridized carbons (Fsp3) is 0.227. The van der Waals surface area contributed by atoms with Crippen LogP contribution in [0.2, 0.25) is 0 Å². The number of fused-ring (bicyclic) bond motifs is 3. The number of carbonyl (C=O) groups is 3. The van der Waals surface area contributed by atoms with Gasteiger partial charge in [-0.2, -0.15) is 0 Å². The molecule has 2 aromatic carbocycles. The molecule has 1 aliphatic rings. The molecule has 30 heavy (non-hydrogen) atoms. The van der Waals surface area contributed by atoms with Gasteiger partial charge < -0.3 is 15.2 Å². The van der Waals surface area contributed by atoms with Crippen molar-refractivity contribution < 1.29 is 29.1 Å². The van der Waals surface area contributed by atoms with Crippen LogP contribution in [0.1, 0.15) is 24.0 Å². The van der Waals surface area contributed by atoms with E-state index in [1.54, 1.807) is 0 Å². The monoisotopic (exact) mass is 410 g/mol.